The number of likely N-dealkylation sites (tertiary alicyclic amines) is 1. The fraction of sp³-hybridized carbons (Fsp3) is 0.929. The lowest BCUT2D eigenvalue weighted by Gasteiger charge is -2.49. The zero-order valence-electron chi connectivity index (χ0n) is 12.6. The third-order valence-electron chi connectivity index (χ3n) is 5.16. The van der Waals surface area contributed by atoms with E-state index in [1.54, 1.807) is 6.92 Å². The minimum Gasteiger partial charge on any atom is -0.372 e. The molecule has 1 amide bonds. The summed E-state index contributed by atoms with van der Waals surface area (Å²) in [6.07, 6.45) is 3.54. The molecule has 1 unspecified atom stereocenters. The van der Waals surface area contributed by atoms with Gasteiger partial charge < -0.3 is 9.64 Å². The molecular weight excluding hydrogens is 292 g/mol. The van der Waals surface area contributed by atoms with E-state index >= 15 is 0 Å². The minimum atomic E-state index is -3.10. The number of ether oxygens (including phenoxy) is 1. The van der Waals surface area contributed by atoms with Gasteiger partial charge >= 0.3 is 0 Å². The summed E-state index contributed by atoms with van der Waals surface area (Å²) in [7, 11) is -3.10. The fourth-order valence-corrected chi connectivity index (χ4v) is 4.92. The zero-order valence-corrected chi connectivity index (χ0v) is 13.4. The molecule has 3 fully saturated rings. The van der Waals surface area contributed by atoms with Gasteiger partial charge in [0.15, 0.2) is 0 Å². The van der Waals surface area contributed by atoms with Gasteiger partial charge in [-0.3, -0.25) is 4.79 Å². The standard InChI is InChI=1S/C14H24N2O4S/c1-2-21(18,19)16-10-14(11-16)12(6-9-20-14)5-8-15-7-3-4-13(15)17/h12H,2-11H2,1H3. The molecule has 0 aromatic rings. The van der Waals surface area contributed by atoms with Crippen LogP contribution in [0.2, 0.25) is 0 Å². The predicted molar refractivity (Wildman–Crippen MR) is 78.3 cm³/mol. The Bertz CT molecular complexity index is 513. The number of amides is 1. The van der Waals surface area contributed by atoms with Gasteiger partial charge in [-0.15, -0.1) is 0 Å². The fourth-order valence-electron chi connectivity index (χ4n) is 3.72. The Morgan fingerprint density at radius 2 is 2.14 bits per heavy atom. The molecule has 3 heterocycles. The van der Waals surface area contributed by atoms with Gasteiger partial charge in [0.2, 0.25) is 15.9 Å². The second kappa shape index (κ2) is 5.52. The van der Waals surface area contributed by atoms with Crippen molar-refractivity contribution in [3.63, 3.8) is 0 Å². The molecule has 3 rings (SSSR count). The largest absolute Gasteiger partial charge is 0.372 e. The van der Waals surface area contributed by atoms with E-state index in [1.165, 1.54) is 4.31 Å². The van der Waals surface area contributed by atoms with E-state index in [0.29, 0.717) is 32.0 Å². The molecule has 3 saturated heterocycles. The van der Waals surface area contributed by atoms with Crippen molar-refractivity contribution in [3.05, 3.63) is 0 Å². The van der Waals surface area contributed by atoms with Gasteiger partial charge in [0, 0.05) is 39.2 Å². The first kappa shape index (κ1) is 15.2. The van der Waals surface area contributed by atoms with Crippen molar-refractivity contribution >= 4 is 15.9 Å². The van der Waals surface area contributed by atoms with Crippen molar-refractivity contribution in [2.24, 2.45) is 5.92 Å². The van der Waals surface area contributed by atoms with Gasteiger partial charge in [-0.25, -0.2) is 8.42 Å². The number of hydrogen-bond acceptors (Lipinski definition) is 4. The third-order valence-corrected chi connectivity index (χ3v) is 6.94. The summed E-state index contributed by atoms with van der Waals surface area (Å²) >= 11 is 0. The van der Waals surface area contributed by atoms with Crippen LogP contribution in [0.15, 0.2) is 0 Å². The van der Waals surface area contributed by atoms with Crippen LogP contribution in [-0.4, -0.2) is 67.7 Å². The predicted octanol–water partition coefficient (Wildman–Crippen LogP) is 0.440. The average Bonchev–Trinajstić information content (AvgIpc) is 3.00. The van der Waals surface area contributed by atoms with Crippen molar-refractivity contribution in [3.8, 4) is 0 Å². The van der Waals surface area contributed by atoms with Crippen molar-refractivity contribution in [1.82, 2.24) is 9.21 Å². The second-order valence-corrected chi connectivity index (χ2v) is 8.60. The Morgan fingerprint density at radius 3 is 2.76 bits per heavy atom. The van der Waals surface area contributed by atoms with E-state index in [2.05, 4.69) is 0 Å². The van der Waals surface area contributed by atoms with Gasteiger partial charge in [0.1, 0.15) is 0 Å². The van der Waals surface area contributed by atoms with Crippen LogP contribution in [0.5, 0.6) is 0 Å². The number of sulfonamides is 1. The topological polar surface area (TPSA) is 66.9 Å². The Balaban J connectivity index is 1.56. The molecule has 0 N–H and O–H groups in total. The van der Waals surface area contributed by atoms with Crippen LogP contribution in [0.3, 0.4) is 0 Å². The summed E-state index contributed by atoms with van der Waals surface area (Å²) in [6, 6.07) is 0. The lowest BCUT2D eigenvalue weighted by molar-refractivity contribution is -0.128. The molecule has 0 aliphatic carbocycles. The molecule has 0 aromatic carbocycles. The van der Waals surface area contributed by atoms with E-state index in [1.807, 2.05) is 4.90 Å². The maximum absolute atomic E-state index is 11.9. The van der Waals surface area contributed by atoms with Crippen molar-refractivity contribution in [2.45, 2.75) is 38.2 Å². The zero-order chi connectivity index (χ0) is 15.1. The molecule has 1 spiro atoms. The Labute approximate surface area is 126 Å². The van der Waals surface area contributed by atoms with Gasteiger partial charge in [0.25, 0.3) is 0 Å². The third kappa shape index (κ3) is 2.71. The van der Waals surface area contributed by atoms with Gasteiger partial charge in [-0.1, -0.05) is 0 Å². The Hall–Kier alpha value is -0.660. The number of nitrogens with zero attached hydrogens (tertiary/aromatic N) is 2. The summed E-state index contributed by atoms with van der Waals surface area (Å²) in [5.74, 6) is 0.775. The van der Waals surface area contributed by atoms with Gasteiger partial charge in [-0.05, 0) is 32.1 Å². The minimum absolute atomic E-state index is 0.149. The highest BCUT2D eigenvalue weighted by Gasteiger charge is 2.55. The first-order valence-corrected chi connectivity index (χ1v) is 9.47. The molecule has 7 heteroatoms. The Kier molecular flexibility index (Phi) is 4.00. The second-order valence-electron chi connectivity index (χ2n) is 6.34. The summed E-state index contributed by atoms with van der Waals surface area (Å²) < 4.78 is 31.1. The van der Waals surface area contributed by atoms with E-state index < -0.39 is 10.0 Å². The van der Waals surface area contributed by atoms with Crippen LogP contribution in [0.25, 0.3) is 0 Å². The molecular formula is C14H24N2O4S. The Morgan fingerprint density at radius 1 is 1.38 bits per heavy atom. The van der Waals surface area contributed by atoms with Crippen molar-refractivity contribution in [2.75, 3.05) is 38.5 Å². The van der Waals surface area contributed by atoms with E-state index in [0.717, 1.165) is 32.4 Å². The summed E-state index contributed by atoms with van der Waals surface area (Å²) in [4.78, 5) is 13.6. The number of carbonyl (C=O) groups excluding carboxylic acids is 1. The molecule has 1 atom stereocenters. The van der Waals surface area contributed by atoms with Gasteiger partial charge in [-0.2, -0.15) is 4.31 Å². The molecule has 0 bridgehead atoms. The molecule has 0 radical (unpaired) electrons. The molecule has 120 valence electrons. The van der Waals surface area contributed by atoms with Crippen LogP contribution in [0.1, 0.15) is 32.6 Å². The monoisotopic (exact) mass is 316 g/mol. The summed E-state index contributed by atoms with van der Waals surface area (Å²) in [5.41, 5.74) is -0.287. The molecule has 0 aromatic heterocycles. The molecule has 3 aliphatic heterocycles. The average molecular weight is 316 g/mol. The number of carbonyl (C=O) groups is 1. The maximum Gasteiger partial charge on any atom is 0.222 e. The van der Waals surface area contributed by atoms with Gasteiger partial charge in [0.05, 0.1) is 11.4 Å². The smallest absolute Gasteiger partial charge is 0.222 e. The quantitative estimate of drug-likeness (QED) is 0.738. The SMILES string of the molecule is CCS(=O)(=O)N1CC2(C1)OCCC2CCN1CCCC1=O. The van der Waals surface area contributed by atoms with Crippen molar-refractivity contribution in [1.29, 1.82) is 0 Å². The van der Waals surface area contributed by atoms with Crippen molar-refractivity contribution < 1.29 is 17.9 Å². The normalized spacial score (nSPS) is 29.3. The van der Waals surface area contributed by atoms with E-state index in [-0.39, 0.29) is 17.3 Å². The molecule has 21 heavy (non-hydrogen) atoms. The molecule has 6 nitrogen and oxygen atoms in total. The van der Waals surface area contributed by atoms with Crippen LogP contribution < -0.4 is 0 Å². The van der Waals surface area contributed by atoms with Crippen LogP contribution in [0, 0.1) is 5.92 Å². The van der Waals surface area contributed by atoms with E-state index in [4.69, 9.17) is 4.74 Å². The van der Waals surface area contributed by atoms with E-state index in [9.17, 15) is 13.2 Å². The van der Waals surface area contributed by atoms with Crippen LogP contribution >= 0.6 is 0 Å². The van der Waals surface area contributed by atoms with Crippen LogP contribution in [-0.2, 0) is 19.6 Å². The summed E-state index contributed by atoms with van der Waals surface area (Å²) in [6.45, 7) is 5.01. The lowest BCUT2D eigenvalue weighted by Crippen LogP contribution is -2.66. The first-order chi connectivity index (χ1) is 9.97. The number of hydrogen-bond donors (Lipinski definition) is 0. The number of rotatable bonds is 5. The summed E-state index contributed by atoms with van der Waals surface area (Å²) in [5, 5.41) is 0. The maximum atomic E-state index is 11.9. The highest BCUT2D eigenvalue weighted by Crippen LogP contribution is 2.42. The first-order valence-electron chi connectivity index (χ1n) is 7.86. The highest BCUT2D eigenvalue weighted by molar-refractivity contribution is 7.89. The molecule has 0 saturated carbocycles. The van der Waals surface area contributed by atoms with Crippen LogP contribution in [0.4, 0.5) is 0 Å². The lowest BCUT2D eigenvalue weighted by atomic mass is 9.80. The molecule has 3 aliphatic rings. The highest BCUT2D eigenvalue weighted by atomic mass is 32.2.